The normalized spacial score (nSPS) is 19.9. The average molecular weight is 248 g/mol. The number of rotatable bonds is 3. The molecule has 17 heavy (non-hydrogen) atoms. The van der Waals surface area contributed by atoms with Crippen LogP contribution in [0.15, 0.2) is 24.3 Å². The van der Waals surface area contributed by atoms with Crippen molar-refractivity contribution in [2.75, 3.05) is 11.4 Å². The maximum atomic E-state index is 5.81. The number of anilines is 1. The fourth-order valence-electron chi connectivity index (χ4n) is 2.72. The number of benzene rings is 1. The topological polar surface area (TPSA) is 29.3 Å². The quantitative estimate of drug-likeness (QED) is 0.834. The maximum Gasteiger partial charge on any atom is 0.106 e. The van der Waals surface area contributed by atoms with Gasteiger partial charge in [0.2, 0.25) is 0 Å². The van der Waals surface area contributed by atoms with Crippen LogP contribution in [-0.4, -0.2) is 17.6 Å². The van der Waals surface area contributed by atoms with E-state index in [9.17, 15) is 0 Å². The zero-order valence-corrected chi connectivity index (χ0v) is 11.3. The Morgan fingerprint density at radius 2 is 2.12 bits per heavy atom. The van der Waals surface area contributed by atoms with Crippen molar-refractivity contribution in [1.29, 1.82) is 0 Å². The van der Waals surface area contributed by atoms with E-state index in [1.807, 2.05) is 12.1 Å². The third-order valence-electron chi connectivity index (χ3n) is 3.55. The lowest BCUT2D eigenvalue weighted by atomic mass is 10.0. The van der Waals surface area contributed by atoms with Crippen molar-refractivity contribution in [2.24, 2.45) is 11.7 Å². The maximum absolute atomic E-state index is 5.81. The minimum Gasteiger partial charge on any atom is -0.389 e. The highest BCUT2D eigenvalue weighted by Crippen LogP contribution is 2.31. The van der Waals surface area contributed by atoms with Crippen molar-refractivity contribution in [3.05, 3.63) is 29.8 Å². The molecule has 1 fully saturated rings. The zero-order chi connectivity index (χ0) is 12.4. The highest BCUT2D eigenvalue weighted by atomic mass is 32.1. The van der Waals surface area contributed by atoms with Gasteiger partial charge in [0.15, 0.2) is 0 Å². The molecule has 0 saturated carbocycles. The molecular formula is C14H20N2S. The van der Waals surface area contributed by atoms with Crippen LogP contribution < -0.4 is 10.6 Å². The summed E-state index contributed by atoms with van der Waals surface area (Å²) in [6, 6.07) is 8.83. The second kappa shape index (κ2) is 5.05. The van der Waals surface area contributed by atoms with E-state index in [1.165, 1.54) is 18.5 Å². The van der Waals surface area contributed by atoms with E-state index in [1.54, 1.807) is 0 Å². The molecule has 0 amide bonds. The first-order valence-corrected chi connectivity index (χ1v) is 6.67. The number of hydrogen-bond donors (Lipinski definition) is 1. The Labute approximate surface area is 109 Å². The summed E-state index contributed by atoms with van der Waals surface area (Å²) < 4.78 is 0. The predicted molar refractivity (Wildman–Crippen MR) is 77.5 cm³/mol. The Morgan fingerprint density at radius 3 is 2.76 bits per heavy atom. The number of nitrogens with two attached hydrogens (primary N) is 1. The van der Waals surface area contributed by atoms with E-state index >= 15 is 0 Å². The standard InChI is InChI=1S/C14H20N2S/c1-10(2)12-8-5-9-16(12)13-7-4-3-6-11(13)14(15)17/h3-4,6-7,10,12H,5,8-9H2,1-2H3,(H2,15,17). The van der Waals surface area contributed by atoms with Crippen molar-refractivity contribution in [2.45, 2.75) is 32.7 Å². The molecule has 1 aromatic carbocycles. The van der Waals surface area contributed by atoms with Crippen LogP contribution in [0, 0.1) is 5.92 Å². The van der Waals surface area contributed by atoms with Crippen molar-refractivity contribution in [1.82, 2.24) is 0 Å². The summed E-state index contributed by atoms with van der Waals surface area (Å²) in [5.74, 6) is 0.664. The molecule has 2 nitrogen and oxygen atoms in total. The van der Waals surface area contributed by atoms with E-state index in [0.29, 0.717) is 16.9 Å². The molecule has 1 atom stereocenters. The molecule has 1 aliphatic heterocycles. The molecule has 2 rings (SSSR count). The molecule has 2 N–H and O–H groups in total. The van der Waals surface area contributed by atoms with Gasteiger partial charge < -0.3 is 10.6 Å². The average Bonchev–Trinajstić information content (AvgIpc) is 2.77. The van der Waals surface area contributed by atoms with Gasteiger partial charge in [-0.3, -0.25) is 0 Å². The Bertz CT molecular complexity index is 414. The molecule has 0 aromatic heterocycles. The Balaban J connectivity index is 2.36. The van der Waals surface area contributed by atoms with E-state index in [0.717, 1.165) is 12.1 Å². The van der Waals surface area contributed by atoms with Crippen LogP contribution in [0.25, 0.3) is 0 Å². The zero-order valence-electron chi connectivity index (χ0n) is 10.5. The third kappa shape index (κ3) is 2.44. The summed E-state index contributed by atoms with van der Waals surface area (Å²) >= 11 is 5.14. The van der Waals surface area contributed by atoms with Crippen LogP contribution in [0.4, 0.5) is 5.69 Å². The van der Waals surface area contributed by atoms with Gasteiger partial charge in [0, 0.05) is 23.8 Å². The van der Waals surface area contributed by atoms with Gasteiger partial charge in [0.05, 0.1) is 0 Å². The third-order valence-corrected chi connectivity index (χ3v) is 3.77. The molecule has 3 heteroatoms. The summed E-state index contributed by atoms with van der Waals surface area (Å²) in [7, 11) is 0. The Morgan fingerprint density at radius 1 is 1.41 bits per heavy atom. The van der Waals surface area contributed by atoms with Crippen LogP contribution in [0.1, 0.15) is 32.3 Å². The SMILES string of the molecule is CC(C)C1CCCN1c1ccccc1C(N)=S. The number of hydrogen-bond acceptors (Lipinski definition) is 2. The van der Waals surface area contributed by atoms with Crippen molar-refractivity contribution < 1.29 is 0 Å². The predicted octanol–water partition coefficient (Wildman–Crippen LogP) is 2.95. The lowest BCUT2D eigenvalue weighted by Gasteiger charge is -2.31. The van der Waals surface area contributed by atoms with E-state index in [2.05, 4.69) is 30.9 Å². The highest BCUT2D eigenvalue weighted by molar-refractivity contribution is 7.80. The van der Waals surface area contributed by atoms with Crippen LogP contribution in [0.5, 0.6) is 0 Å². The molecule has 0 spiro atoms. The highest BCUT2D eigenvalue weighted by Gasteiger charge is 2.28. The summed E-state index contributed by atoms with van der Waals surface area (Å²) in [4.78, 5) is 2.97. The number of thiocarbonyl (C=S) groups is 1. The monoisotopic (exact) mass is 248 g/mol. The molecule has 1 unspecified atom stereocenters. The van der Waals surface area contributed by atoms with Crippen LogP contribution in [-0.2, 0) is 0 Å². The van der Waals surface area contributed by atoms with Gasteiger partial charge in [-0.1, -0.05) is 38.2 Å². The first-order chi connectivity index (χ1) is 8.11. The fraction of sp³-hybridized carbons (Fsp3) is 0.500. The van der Waals surface area contributed by atoms with Gasteiger partial charge in [-0.05, 0) is 30.9 Å². The van der Waals surface area contributed by atoms with E-state index < -0.39 is 0 Å². The van der Waals surface area contributed by atoms with Gasteiger partial charge >= 0.3 is 0 Å². The lowest BCUT2D eigenvalue weighted by molar-refractivity contribution is 0.492. The minimum atomic E-state index is 0.495. The van der Waals surface area contributed by atoms with Gasteiger partial charge in [-0.15, -0.1) is 0 Å². The Kier molecular flexibility index (Phi) is 3.67. The van der Waals surface area contributed by atoms with Crippen molar-refractivity contribution in [3.63, 3.8) is 0 Å². The molecule has 1 aromatic rings. The van der Waals surface area contributed by atoms with Gasteiger partial charge in [-0.2, -0.15) is 0 Å². The van der Waals surface area contributed by atoms with Crippen molar-refractivity contribution in [3.8, 4) is 0 Å². The largest absolute Gasteiger partial charge is 0.389 e. The van der Waals surface area contributed by atoms with Gasteiger partial charge in [0.25, 0.3) is 0 Å². The molecule has 1 heterocycles. The fourth-order valence-corrected chi connectivity index (χ4v) is 2.89. The van der Waals surface area contributed by atoms with E-state index in [-0.39, 0.29) is 0 Å². The molecule has 0 bridgehead atoms. The van der Waals surface area contributed by atoms with Crippen LogP contribution >= 0.6 is 12.2 Å². The first-order valence-electron chi connectivity index (χ1n) is 6.26. The smallest absolute Gasteiger partial charge is 0.106 e. The summed E-state index contributed by atoms with van der Waals surface area (Å²) in [5.41, 5.74) is 8.02. The van der Waals surface area contributed by atoms with Crippen LogP contribution in [0.3, 0.4) is 0 Å². The van der Waals surface area contributed by atoms with E-state index in [4.69, 9.17) is 18.0 Å². The molecule has 1 saturated heterocycles. The van der Waals surface area contributed by atoms with Gasteiger partial charge in [0.1, 0.15) is 4.99 Å². The molecule has 1 aliphatic rings. The summed E-state index contributed by atoms with van der Waals surface area (Å²) in [5, 5.41) is 0. The number of para-hydroxylation sites is 1. The van der Waals surface area contributed by atoms with Crippen LogP contribution in [0.2, 0.25) is 0 Å². The number of nitrogens with zero attached hydrogens (tertiary/aromatic N) is 1. The first kappa shape index (κ1) is 12.4. The lowest BCUT2D eigenvalue weighted by Crippen LogP contribution is -2.34. The Hall–Kier alpha value is -1.09. The minimum absolute atomic E-state index is 0.495. The second-order valence-electron chi connectivity index (χ2n) is 5.03. The van der Waals surface area contributed by atoms with Gasteiger partial charge in [-0.25, -0.2) is 0 Å². The second-order valence-corrected chi connectivity index (χ2v) is 5.47. The van der Waals surface area contributed by atoms with Crippen molar-refractivity contribution >= 4 is 22.9 Å². The molecular weight excluding hydrogens is 228 g/mol. The summed E-state index contributed by atoms with van der Waals surface area (Å²) in [6.45, 7) is 5.68. The molecule has 92 valence electrons. The molecule has 0 aliphatic carbocycles. The molecule has 0 radical (unpaired) electrons. The summed E-state index contributed by atoms with van der Waals surface area (Å²) in [6.07, 6.45) is 2.53.